The molecule has 2 N–H and O–H groups in total. The van der Waals surface area contributed by atoms with Crippen molar-refractivity contribution in [1.29, 1.82) is 0 Å². The van der Waals surface area contributed by atoms with E-state index in [1.54, 1.807) is 0 Å². The Balaban J connectivity index is 1.60. The van der Waals surface area contributed by atoms with Crippen molar-refractivity contribution >= 4 is 11.8 Å². The number of nitrogens with one attached hydrogen (secondary N) is 2. The van der Waals surface area contributed by atoms with Crippen LogP contribution in [0.4, 0.5) is 0 Å². The summed E-state index contributed by atoms with van der Waals surface area (Å²) in [6, 6.07) is 25.0. The topological polar surface area (TPSA) is 67.4 Å². The van der Waals surface area contributed by atoms with Crippen molar-refractivity contribution in [3.05, 3.63) is 101 Å². The zero-order valence-electron chi connectivity index (χ0n) is 17.9. The van der Waals surface area contributed by atoms with Gasteiger partial charge in [-0.1, -0.05) is 72.3 Å². The van der Waals surface area contributed by atoms with Gasteiger partial charge in [0.25, 0.3) is 0 Å². The van der Waals surface area contributed by atoms with Gasteiger partial charge in [-0.05, 0) is 35.7 Å². The molecule has 0 saturated heterocycles. The van der Waals surface area contributed by atoms with E-state index in [-0.39, 0.29) is 24.3 Å². The van der Waals surface area contributed by atoms with Crippen molar-refractivity contribution in [2.75, 3.05) is 0 Å². The highest BCUT2D eigenvalue weighted by atomic mass is 16.5. The van der Waals surface area contributed by atoms with Crippen LogP contribution in [0.25, 0.3) is 0 Å². The first-order valence-electron chi connectivity index (χ1n) is 10.4. The quantitative estimate of drug-likeness (QED) is 0.541. The summed E-state index contributed by atoms with van der Waals surface area (Å²) in [7, 11) is 0. The van der Waals surface area contributed by atoms with Gasteiger partial charge in [0.15, 0.2) is 0 Å². The third-order valence-electron chi connectivity index (χ3n) is 4.98. The zero-order chi connectivity index (χ0) is 22.1. The normalized spacial score (nSPS) is 11.4. The fourth-order valence-corrected chi connectivity index (χ4v) is 3.30. The predicted molar refractivity (Wildman–Crippen MR) is 121 cm³/mol. The molecule has 5 nitrogen and oxygen atoms in total. The Bertz CT molecular complexity index is 1000. The number of benzene rings is 3. The summed E-state index contributed by atoms with van der Waals surface area (Å²) < 4.78 is 5.86. The number of carbonyl (C=O) groups excluding carboxylic acids is 2. The Kier molecular flexibility index (Phi) is 7.82. The fourth-order valence-electron chi connectivity index (χ4n) is 3.30. The molecule has 160 valence electrons. The third kappa shape index (κ3) is 7.00. The molecular formula is C26H28N2O3. The van der Waals surface area contributed by atoms with Crippen molar-refractivity contribution in [3.8, 4) is 5.75 Å². The molecule has 0 aliphatic carbocycles. The zero-order valence-corrected chi connectivity index (χ0v) is 17.9. The van der Waals surface area contributed by atoms with Crippen LogP contribution >= 0.6 is 0 Å². The second-order valence-electron chi connectivity index (χ2n) is 7.52. The van der Waals surface area contributed by atoms with E-state index in [4.69, 9.17) is 4.74 Å². The molecule has 3 rings (SSSR count). The van der Waals surface area contributed by atoms with Gasteiger partial charge in [0, 0.05) is 13.5 Å². The Labute approximate surface area is 183 Å². The lowest BCUT2D eigenvalue weighted by Gasteiger charge is -2.19. The fraction of sp³-hybridized carbons (Fsp3) is 0.231. The minimum absolute atomic E-state index is 0.127. The molecule has 0 bridgehead atoms. The Hall–Kier alpha value is -3.60. The van der Waals surface area contributed by atoms with Crippen LogP contribution in [0, 0.1) is 6.92 Å². The lowest BCUT2D eigenvalue weighted by molar-refractivity contribution is -0.122. The van der Waals surface area contributed by atoms with E-state index in [1.165, 1.54) is 6.92 Å². The van der Waals surface area contributed by atoms with E-state index in [0.29, 0.717) is 13.2 Å². The van der Waals surface area contributed by atoms with Crippen LogP contribution in [-0.2, 0) is 22.7 Å². The largest absolute Gasteiger partial charge is 0.489 e. The summed E-state index contributed by atoms with van der Waals surface area (Å²) in [6.45, 7) is 4.28. The van der Waals surface area contributed by atoms with Gasteiger partial charge in [-0.25, -0.2) is 0 Å². The van der Waals surface area contributed by atoms with Gasteiger partial charge in [-0.3, -0.25) is 9.59 Å². The van der Waals surface area contributed by atoms with Gasteiger partial charge in [-0.2, -0.15) is 0 Å². The van der Waals surface area contributed by atoms with Crippen molar-refractivity contribution in [2.24, 2.45) is 0 Å². The number of ether oxygens (including phenoxy) is 1. The number of hydrogen-bond acceptors (Lipinski definition) is 3. The highest BCUT2D eigenvalue weighted by Crippen LogP contribution is 2.18. The molecule has 0 spiro atoms. The van der Waals surface area contributed by atoms with Crippen molar-refractivity contribution in [2.45, 2.75) is 39.5 Å². The summed E-state index contributed by atoms with van der Waals surface area (Å²) >= 11 is 0. The van der Waals surface area contributed by atoms with Gasteiger partial charge in [0.1, 0.15) is 12.4 Å². The van der Waals surface area contributed by atoms with E-state index in [1.807, 2.05) is 85.8 Å². The summed E-state index contributed by atoms with van der Waals surface area (Å²) in [4.78, 5) is 24.3. The second-order valence-corrected chi connectivity index (χ2v) is 7.52. The molecular weight excluding hydrogens is 388 g/mol. The van der Waals surface area contributed by atoms with Crippen molar-refractivity contribution in [1.82, 2.24) is 10.6 Å². The lowest BCUT2D eigenvalue weighted by atomic mass is 10.0. The van der Waals surface area contributed by atoms with Crippen LogP contribution in [0.5, 0.6) is 5.75 Å². The Morgan fingerprint density at radius 3 is 2.19 bits per heavy atom. The second kappa shape index (κ2) is 11.0. The highest BCUT2D eigenvalue weighted by molar-refractivity contribution is 5.79. The standard InChI is InChI=1S/C26H28N2O3/c1-19-12-14-21(15-13-19)25(28-20(2)29)16-26(30)27-17-22-8-6-7-9-23(22)18-31-24-10-4-3-5-11-24/h3-15,25H,16-18H2,1-2H3,(H,27,30)(H,28,29). The lowest BCUT2D eigenvalue weighted by Crippen LogP contribution is -2.32. The minimum atomic E-state index is -0.366. The SMILES string of the molecule is CC(=O)NC(CC(=O)NCc1ccccc1COc1ccccc1)c1ccc(C)cc1. The molecule has 0 saturated carbocycles. The molecule has 0 aromatic heterocycles. The van der Waals surface area contributed by atoms with Gasteiger partial charge in [0.2, 0.25) is 11.8 Å². The molecule has 3 aromatic carbocycles. The predicted octanol–water partition coefficient (Wildman–Crippen LogP) is 4.46. The van der Waals surface area contributed by atoms with Gasteiger partial charge in [0.05, 0.1) is 12.5 Å². The third-order valence-corrected chi connectivity index (χ3v) is 4.98. The number of amides is 2. The maximum absolute atomic E-state index is 12.6. The van der Waals surface area contributed by atoms with E-state index < -0.39 is 0 Å². The van der Waals surface area contributed by atoms with Crippen LogP contribution in [0.1, 0.15) is 41.6 Å². The average molecular weight is 417 g/mol. The first kappa shape index (κ1) is 22.1. The smallest absolute Gasteiger partial charge is 0.222 e. The molecule has 1 atom stereocenters. The first-order chi connectivity index (χ1) is 15.0. The van der Waals surface area contributed by atoms with E-state index in [0.717, 1.165) is 28.0 Å². The van der Waals surface area contributed by atoms with Crippen LogP contribution in [0.3, 0.4) is 0 Å². The Morgan fingerprint density at radius 2 is 1.52 bits per heavy atom. The first-order valence-corrected chi connectivity index (χ1v) is 10.4. The summed E-state index contributed by atoms with van der Waals surface area (Å²) in [5.41, 5.74) is 4.05. The molecule has 0 aliphatic heterocycles. The van der Waals surface area contributed by atoms with Crippen LogP contribution in [0.2, 0.25) is 0 Å². The number of carbonyl (C=O) groups is 2. The van der Waals surface area contributed by atoms with Crippen LogP contribution in [-0.4, -0.2) is 11.8 Å². The maximum atomic E-state index is 12.6. The number of rotatable bonds is 9. The molecule has 31 heavy (non-hydrogen) atoms. The molecule has 3 aromatic rings. The maximum Gasteiger partial charge on any atom is 0.222 e. The van der Waals surface area contributed by atoms with E-state index in [9.17, 15) is 9.59 Å². The summed E-state index contributed by atoms with van der Waals surface area (Å²) in [5, 5.41) is 5.85. The molecule has 5 heteroatoms. The van der Waals surface area contributed by atoms with Crippen molar-refractivity contribution < 1.29 is 14.3 Å². The minimum Gasteiger partial charge on any atom is -0.489 e. The molecule has 2 amide bonds. The average Bonchev–Trinajstić information content (AvgIpc) is 2.77. The van der Waals surface area contributed by atoms with Crippen LogP contribution < -0.4 is 15.4 Å². The van der Waals surface area contributed by atoms with Crippen LogP contribution in [0.15, 0.2) is 78.9 Å². The van der Waals surface area contributed by atoms with E-state index >= 15 is 0 Å². The van der Waals surface area contributed by atoms with Crippen molar-refractivity contribution in [3.63, 3.8) is 0 Å². The number of hydrogen-bond donors (Lipinski definition) is 2. The van der Waals surface area contributed by atoms with Gasteiger partial charge >= 0.3 is 0 Å². The molecule has 0 aliphatic rings. The van der Waals surface area contributed by atoms with Gasteiger partial charge < -0.3 is 15.4 Å². The van der Waals surface area contributed by atoms with Gasteiger partial charge in [-0.15, -0.1) is 0 Å². The molecule has 1 unspecified atom stereocenters. The number of aryl methyl sites for hydroxylation is 1. The van der Waals surface area contributed by atoms with E-state index in [2.05, 4.69) is 10.6 Å². The number of para-hydroxylation sites is 1. The molecule has 0 heterocycles. The summed E-state index contributed by atoms with van der Waals surface area (Å²) in [6.07, 6.45) is 0.172. The molecule has 0 fully saturated rings. The monoisotopic (exact) mass is 416 g/mol. The highest BCUT2D eigenvalue weighted by Gasteiger charge is 2.17. The molecule has 0 radical (unpaired) electrons. The Morgan fingerprint density at radius 1 is 0.871 bits per heavy atom. The summed E-state index contributed by atoms with van der Waals surface area (Å²) in [5.74, 6) is 0.512.